The van der Waals surface area contributed by atoms with E-state index in [1.165, 1.54) is 12.4 Å². The zero-order valence-corrected chi connectivity index (χ0v) is 15.1. The molecular formula is C18H22ClFN6. The van der Waals surface area contributed by atoms with Crippen molar-refractivity contribution in [2.75, 3.05) is 13.1 Å². The van der Waals surface area contributed by atoms with Crippen LogP contribution in [0.3, 0.4) is 0 Å². The first-order valence-corrected chi connectivity index (χ1v) is 9.16. The molecule has 4 rings (SSSR count). The number of hydrogen-bond acceptors (Lipinski definition) is 5. The lowest BCUT2D eigenvalue weighted by Gasteiger charge is -2.31. The van der Waals surface area contributed by atoms with Crippen molar-refractivity contribution < 1.29 is 4.39 Å². The molecule has 2 aromatic rings. The normalized spacial score (nSPS) is 25.4. The fourth-order valence-electron chi connectivity index (χ4n) is 3.73. The van der Waals surface area contributed by atoms with Gasteiger partial charge in [-0.2, -0.15) is 0 Å². The van der Waals surface area contributed by atoms with Crippen LogP contribution in [0.4, 0.5) is 4.39 Å². The molecule has 0 saturated carbocycles. The van der Waals surface area contributed by atoms with Crippen molar-refractivity contribution in [1.29, 1.82) is 0 Å². The summed E-state index contributed by atoms with van der Waals surface area (Å²) < 4.78 is 13.7. The van der Waals surface area contributed by atoms with Crippen molar-refractivity contribution in [3.05, 3.63) is 46.8 Å². The lowest BCUT2D eigenvalue weighted by Crippen LogP contribution is -2.39. The summed E-state index contributed by atoms with van der Waals surface area (Å²) in [6.45, 7) is 2.69. The molecule has 0 bridgehead atoms. The van der Waals surface area contributed by atoms with Crippen LogP contribution in [0.15, 0.2) is 35.5 Å². The maximum absolute atomic E-state index is 13.7. The maximum Gasteiger partial charge on any atom is 0.141 e. The van der Waals surface area contributed by atoms with Crippen molar-refractivity contribution in [3.8, 4) is 0 Å². The molecule has 3 heterocycles. The Balaban J connectivity index is 1.70. The monoisotopic (exact) mass is 376 g/mol. The zero-order valence-electron chi connectivity index (χ0n) is 14.4. The fraction of sp³-hybridized carbons (Fsp3) is 0.444. The Morgan fingerprint density at radius 2 is 2.12 bits per heavy atom. The van der Waals surface area contributed by atoms with Crippen LogP contribution < -0.4 is 11.5 Å². The molecule has 1 atom stereocenters. The second-order valence-electron chi connectivity index (χ2n) is 7.18. The Hall–Kier alpha value is -1.80. The summed E-state index contributed by atoms with van der Waals surface area (Å²) in [5.41, 5.74) is 14.1. The van der Waals surface area contributed by atoms with Gasteiger partial charge >= 0.3 is 0 Å². The first-order chi connectivity index (χ1) is 12.5. The van der Waals surface area contributed by atoms with E-state index in [4.69, 9.17) is 23.1 Å². The zero-order chi connectivity index (χ0) is 18.3. The summed E-state index contributed by atoms with van der Waals surface area (Å²) in [6.07, 6.45) is 8.54. The number of piperidine rings is 1. The predicted molar refractivity (Wildman–Crippen MR) is 100.0 cm³/mol. The van der Waals surface area contributed by atoms with E-state index < -0.39 is 11.4 Å². The van der Waals surface area contributed by atoms with Crippen LogP contribution in [0, 0.1) is 0 Å². The molecule has 6 nitrogen and oxygen atoms in total. The Bertz CT molecular complexity index is 883. The summed E-state index contributed by atoms with van der Waals surface area (Å²) in [5, 5.41) is 1.00. The molecule has 8 heteroatoms. The molecule has 1 aliphatic carbocycles. The van der Waals surface area contributed by atoms with Gasteiger partial charge in [-0.05, 0) is 37.6 Å². The van der Waals surface area contributed by atoms with Crippen LogP contribution in [-0.4, -0.2) is 39.0 Å². The number of nitrogens with zero attached hydrogens (tertiary/aromatic N) is 3. The third-order valence-corrected chi connectivity index (χ3v) is 5.57. The van der Waals surface area contributed by atoms with E-state index in [9.17, 15) is 4.39 Å². The molecule has 5 N–H and O–H groups in total. The van der Waals surface area contributed by atoms with Crippen LogP contribution in [0.25, 0.3) is 11.0 Å². The molecule has 138 valence electrons. The van der Waals surface area contributed by atoms with Gasteiger partial charge in [0.05, 0.1) is 16.3 Å². The van der Waals surface area contributed by atoms with E-state index in [-0.39, 0.29) is 17.5 Å². The average molecular weight is 377 g/mol. The van der Waals surface area contributed by atoms with E-state index in [0.717, 1.165) is 49.1 Å². The largest absolute Gasteiger partial charge is 0.346 e. The number of fused-ring (bicyclic) bond motifs is 1. The first kappa shape index (κ1) is 17.6. The van der Waals surface area contributed by atoms with E-state index >= 15 is 0 Å². The average Bonchev–Trinajstić information content (AvgIpc) is 3.03. The fourth-order valence-corrected chi connectivity index (χ4v) is 4.02. The molecule has 0 aromatic carbocycles. The van der Waals surface area contributed by atoms with Gasteiger partial charge in [-0.15, -0.1) is 0 Å². The Morgan fingerprint density at radius 3 is 2.85 bits per heavy atom. The van der Waals surface area contributed by atoms with Gasteiger partial charge in [0, 0.05) is 30.6 Å². The van der Waals surface area contributed by atoms with Crippen molar-refractivity contribution in [2.45, 2.75) is 37.4 Å². The summed E-state index contributed by atoms with van der Waals surface area (Å²) in [5.74, 6) is -0.447. The Kier molecular flexibility index (Phi) is 4.56. The highest BCUT2D eigenvalue weighted by Gasteiger charge is 2.34. The van der Waals surface area contributed by atoms with Crippen molar-refractivity contribution >= 4 is 22.6 Å². The third kappa shape index (κ3) is 3.16. The number of rotatable bonds is 3. The number of hydrogen-bond donors (Lipinski definition) is 3. The molecule has 0 radical (unpaired) electrons. The topological polar surface area (TPSA) is 96.8 Å². The van der Waals surface area contributed by atoms with Crippen molar-refractivity contribution in [3.63, 3.8) is 0 Å². The van der Waals surface area contributed by atoms with E-state index in [0.29, 0.717) is 5.69 Å². The number of H-pyrrole nitrogens is 1. The molecule has 1 saturated heterocycles. The summed E-state index contributed by atoms with van der Waals surface area (Å²) in [6, 6.07) is 0.289. The van der Waals surface area contributed by atoms with Gasteiger partial charge in [0.15, 0.2) is 0 Å². The number of allylic oxidation sites excluding steroid dienone is 2. The van der Waals surface area contributed by atoms with Gasteiger partial charge in [0.2, 0.25) is 0 Å². The summed E-state index contributed by atoms with van der Waals surface area (Å²) in [4.78, 5) is 14.3. The van der Waals surface area contributed by atoms with Gasteiger partial charge < -0.3 is 16.5 Å². The number of halogens is 2. The highest BCUT2D eigenvalue weighted by Crippen LogP contribution is 2.38. The van der Waals surface area contributed by atoms with E-state index in [2.05, 4.69) is 19.9 Å². The van der Waals surface area contributed by atoms with Gasteiger partial charge in [0.25, 0.3) is 0 Å². The maximum atomic E-state index is 13.7. The van der Waals surface area contributed by atoms with Crippen molar-refractivity contribution in [2.24, 2.45) is 11.5 Å². The van der Waals surface area contributed by atoms with Crippen LogP contribution in [0.1, 0.15) is 30.5 Å². The minimum absolute atomic E-state index is 0.115. The number of likely N-dealkylation sites (tertiary alicyclic amines) is 1. The second kappa shape index (κ2) is 6.74. The lowest BCUT2D eigenvalue weighted by atomic mass is 9.86. The predicted octanol–water partition coefficient (Wildman–Crippen LogP) is 2.41. The summed E-state index contributed by atoms with van der Waals surface area (Å²) in [7, 11) is 0. The molecule has 1 fully saturated rings. The van der Waals surface area contributed by atoms with E-state index in [1.54, 1.807) is 6.08 Å². The molecule has 1 unspecified atom stereocenters. The van der Waals surface area contributed by atoms with Crippen LogP contribution in [0.2, 0.25) is 0 Å². The number of nitrogens with two attached hydrogens (primary N) is 2. The quantitative estimate of drug-likeness (QED) is 0.764. The molecule has 2 aromatic heterocycles. The Morgan fingerprint density at radius 1 is 1.35 bits per heavy atom. The number of aromatic amines is 1. The van der Waals surface area contributed by atoms with Gasteiger partial charge in [-0.3, -0.25) is 4.90 Å². The molecular weight excluding hydrogens is 355 g/mol. The lowest BCUT2D eigenvalue weighted by molar-refractivity contribution is 0.206. The standard InChI is InChI=1S/C18H22ClFN6/c19-13-7-18(22,4-1-14(13)20)16-15-11(8-23-17(15)25-10-24-16)9-26-5-2-12(21)3-6-26/h1,4,8,10,12H,2-3,5-7,9,21-22H2,(H,23,24,25). The first-order valence-electron chi connectivity index (χ1n) is 8.78. The van der Waals surface area contributed by atoms with Crippen LogP contribution in [0.5, 0.6) is 0 Å². The molecule has 0 amide bonds. The van der Waals surface area contributed by atoms with E-state index in [1.807, 2.05) is 6.20 Å². The smallest absolute Gasteiger partial charge is 0.141 e. The number of aromatic nitrogens is 3. The van der Waals surface area contributed by atoms with Crippen LogP contribution in [-0.2, 0) is 12.1 Å². The molecule has 26 heavy (non-hydrogen) atoms. The number of nitrogens with one attached hydrogen (secondary N) is 1. The van der Waals surface area contributed by atoms with Crippen LogP contribution >= 0.6 is 11.6 Å². The van der Waals surface area contributed by atoms with Gasteiger partial charge in [-0.1, -0.05) is 17.7 Å². The highest BCUT2D eigenvalue weighted by molar-refractivity contribution is 6.30. The minimum Gasteiger partial charge on any atom is -0.346 e. The minimum atomic E-state index is -0.963. The molecule has 0 spiro atoms. The Labute approximate surface area is 156 Å². The molecule has 2 aliphatic rings. The van der Waals surface area contributed by atoms with Gasteiger partial charge in [-0.25, -0.2) is 14.4 Å². The third-order valence-electron chi connectivity index (χ3n) is 5.25. The van der Waals surface area contributed by atoms with Crippen molar-refractivity contribution in [1.82, 2.24) is 19.9 Å². The highest BCUT2D eigenvalue weighted by atomic mass is 35.5. The summed E-state index contributed by atoms with van der Waals surface area (Å²) >= 11 is 6.04. The van der Waals surface area contributed by atoms with Gasteiger partial charge in [0.1, 0.15) is 17.8 Å². The second-order valence-corrected chi connectivity index (χ2v) is 7.63. The SMILES string of the molecule is NC1CCN(Cc2c[nH]c3ncnc(C4(N)C=CC(F)=C(Cl)C4)c23)CC1. The molecule has 1 aliphatic heterocycles.